The minimum absolute atomic E-state index is 0.414. The summed E-state index contributed by atoms with van der Waals surface area (Å²) in [6.45, 7) is 3.42. The van der Waals surface area contributed by atoms with Crippen LogP contribution in [0.1, 0.15) is 18.9 Å². The van der Waals surface area contributed by atoms with Crippen LogP contribution in [-0.4, -0.2) is 9.97 Å². The molecule has 1 aromatic rings. The van der Waals surface area contributed by atoms with Gasteiger partial charge in [0.1, 0.15) is 0 Å². The van der Waals surface area contributed by atoms with Gasteiger partial charge in [0.05, 0.1) is 0 Å². The number of hydrogen-bond donors (Lipinski definition) is 1. The Kier molecular flexibility index (Phi) is 2.49. The van der Waals surface area contributed by atoms with Gasteiger partial charge in [0.15, 0.2) is 0 Å². The van der Waals surface area contributed by atoms with Crippen LogP contribution in [0.2, 0.25) is 0 Å². The first-order valence-electron chi connectivity index (χ1n) is 4.68. The zero-order valence-corrected chi connectivity index (χ0v) is 9.97. The summed E-state index contributed by atoms with van der Waals surface area (Å²) in [5, 5.41) is 3.48. The van der Waals surface area contributed by atoms with E-state index in [2.05, 4.69) is 59.1 Å². The number of benzene rings is 1. The molecule has 0 spiro atoms. The molecule has 0 saturated carbocycles. The van der Waals surface area contributed by atoms with Gasteiger partial charge in [0.2, 0.25) is 0 Å². The minimum Gasteiger partial charge on any atom is -0.385 e. The Morgan fingerprint density at radius 3 is 3.00 bits per heavy atom. The van der Waals surface area contributed by atoms with Gasteiger partial charge in [-0.1, -0.05) is 47.7 Å². The molecular weight excluding hydrogens is 273 g/mol. The molecule has 1 N–H and O–H groups in total. The molecule has 70 valence electrons. The molecule has 1 atom stereocenters. The normalized spacial score (nSPS) is 27.2. The lowest BCUT2D eigenvalue weighted by molar-refractivity contribution is 0.644. The second-order valence-corrected chi connectivity index (χ2v) is 6.53. The third-order valence-electron chi connectivity index (χ3n) is 2.54. The maximum Gasteiger partial charge on any atom is 0.0373 e. The van der Waals surface area contributed by atoms with Crippen LogP contribution >= 0.6 is 22.6 Å². The SMILES string of the molecule is CC1(I)CCNc2ccccc2C1. The summed E-state index contributed by atoms with van der Waals surface area (Å²) >= 11 is 2.57. The number of hydrogen-bond acceptors (Lipinski definition) is 1. The lowest BCUT2D eigenvalue weighted by atomic mass is 9.99. The van der Waals surface area contributed by atoms with E-state index >= 15 is 0 Å². The second-order valence-electron chi connectivity index (χ2n) is 3.92. The van der Waals surface area contributed by atoms with Crippen LogP contribution in [0.4, 0.5) is 5.69 Å². The first-order valence-corrected chi connectivity index (χ1v) is 5.76. The molecule has 0 aromatic heterocycles. The van der Waals surface area contributed by atoms with Gasteiger partial charge < -0.3 is 5.32 Å². The van der Waals surface area contributed by atoms with Gasteiger partial charge in [-0.15, -0.1) is 0 Å². The molecule has 1 heterocycles. The quantitative estimate of drug-likeness (QED) is 0.570. The summed E-state index contributed by atoms with van der Waals surface area (Å²) in [5.74, 6) is 0. The molecular formula is C11H14IN. The zero-order chi connectivity index (χ0) is 9.31. The number of para-hydroxylation sites is 1. The average Bonchev–Trinajstić information content (AvgIpc) is 2.21. The van der Waals surface area contributed by atoms with E-state index in [4.69, 9.17) is 0 Å². The smallest absolute Gasteiger partial charge is 0.0373 e. The minimum atomic E-state index is 0.414. The van der Waals surface area contributed by atoms with E-state index in [0.29, 0.717) is 3.42 Å². The molecule has 0 amide bonds. The lowest BCUT2D eigenvalue weighted by Crippen LogP contribution is -2.19. The number of rotatable bonds is 0. The Labute approximate surface area is 93.1 Å². The van der Waals surface area contributed by atoms with E-state index < -0.39 is 0 Å². The summed E-state index contributed by atoms with van der Waals surface area (Å²) < 4.78 is 0.414. The number of nitrogens with one attached hydrogen (secondary N) is 1. The third-order valence-corrected chi connectivity index (χ3v) is 3.46. The fourth-order valence-electron chi connectivity index (χ4n) is 1.79. The maximum atomic E-state index is 3.48. The van der Waals surface area contributed by atoms with Crippen molar-refractivity contribution in [3.63, 3.8) is 0 Å². The Balaban J connectivity index is 2.34. The van der Waals surface area contributed by atoms with Crippen molar-refractivity contribution in [2.24, 2.45) is 0 Å². The van der Waals surface area contributed by atoms with Crippen LogP contribution in [-0.2, 0) is 6.42 Å². The molecule has 0 fully saturated rings. The van der Waals surface area contributed by atoms with Crippen molar-refractivity contribution < 1.29 is 0 Å². The molecule has 2 rings (SSSR count). The lowest BCUT2D eigenvalue weighted by Gasteiger charge is -2.19. The first-order chi connectivity index (χ1) is 6.17. The second kappa shape index (κ2) is 3.48. The average molecular weight is 287 g/mol. The summed E-state index contributed by atoms with van der Waals surface area (Å²) in [5.41, 5.74) is 2.78. The molecule has 1 aromatic carbocycles. The Morgan fingerprint density at radius 2 is 2.15 bits per heavy atom. The van der Waals surface area contributed by atoms with E-state index in [9.17, 15) is 0 Å². The fraction of sp³-hybridized carbons (Fsp3) is 0.455. The van der Waals surface area contributed by atoms with E-state index in [1.807, 2.05) is 0 Å². The number of anilines is 1. The number of alkyl halides is 1. The predicted molar refractivity (Wildman–Crippen MR) is 65.7 cm³/mol. The Morgan fingerprint density at radius 1 is 1.38 bits per heavy atom. The predicted octanol–water partition coefficient (Wildman–Crippen LogP) is 3.24. The highest BCUT2D eigenvalue weighted by molar-refractivity contribution is 14.1. The van der Waals surface area contributed by atoms with E-state index in [0.717, 1.165) is 6.54 Å². The first kappa shape index (κ1) is 9.31. The Hall–Kier alpha value is -0.250. The zero-order valence-electron chi connectivity index (χ0n) is 7.81. The third kappa shape index (κ3) is 2.16. The Bertz CT molecular complexity index is 307. The molecule has 1 aliphatic rings. The molecule has 0 radical (unpaired) electrons. The van der Waals surface area contributed by atoms with Crippen LogP contribution < -0.4 is 5.32 Å². The monoisotopic (exact) mass is 287 g/mol. The van der Waals surface area contributed by atoms with Crippen LogP contribution in [0.15, 0.2) is 24.3 Å². The molecule has 1 aliphatic heterocycles. The van der Waals surface area contributed by atoms with Gasteiger partial charge in [0, 0.05) is 15.7 Å². The molecule has 0 bridgehead atoms. The number of fused-ring (bicyclic) bond motifs is 1. The standard InChI is InChI=1S/C11H14IN/c1-11(12)6-7-13-10-5-3-2-4-9(10)8-11/h2-5,13H,6-8H2,1H3. The van der Waals surface area contributed by atoms with Crippen LogP contribution in [0, 0.1) is 0 Å². The van der Waals surface area contributed by atoms with Gasteiger partial charge in [-0.2, -0.15) is 0 Å². The van der Waals surface area contributed by atoms with Gasteiger partial charge >= 0.3 is 0 Å². The maximum absolute atomic E-state index is 3.48. The molecule has 2 heteroatoms. The molecule has 1 nitrogen and oxygen atoms in total. The highest BCUT2D eigenvalue weighted by atomic mass is 127. The van der Waals surface area contributed by atoms with Crippen LogP contribution in [0.5, 0.6) is 0 Å². The number of halogens is 1. The van der Waals surface area contributed by atoms with Crippen LogP contribution in [0.25, 0.3) is 0 Å². The van der Waals surface area contributed by atoms with Crippen molar-refractivity contribution >= 4 is 28.3 Å². The summed E-state index contributed by atoms with van der Waals surface area (Å²) in [6.07, 6.45) is 2.42. The van der Waals surface area contributed by atoms with E-state index in [1.54, 1.807) is 0 Å². The van der Waals surface area contributed by atoms with Crippen LogP contribution in [0.3, 0.4) is 0 Å². The fourth-order valence-corrected chi connectivity index (χ4v) is 2.47. The van der Waals surface area contributed by atoms with Crippen molar-refractivity contribution in [2.45, 2.75) is 23.2 Å². The van der Waals surface area contributed by atoms with Gasteiger partial charge in [-0.25, -0.2) is 0 Å². The molecule has 1 unspecified atom stereocenters. The van der Waals surface area contributed by atoms with Crippen molar-refractivity contribution in [3.8, 4) is 0 Å². The van der Waals surface area contributed by atoms with Crippen molar-refractivity contribution in [2.75, 3.05) is 11.9 Å². The highest BCUT2D eigenvalue weighted by Gasteiger charge is 2.24. The van der Waals surface area contributed by atoms with E-state index in [-0.39, 0.29) is 0 Å². The highest BCUT2D eigenvalue weighted by Crippen LogP contribution is 2.32. The van der Waals surface area contributed by atoms with Gasteiger partial charge in [-0.3, -0.25) is 0 Å². The largest absolute Gasteiger partial charge is 0.385 e. The van der Waals surface area contributed by atoms with Crippen molar-refractivity contribution in [3.05, 3.63) is 29.8 Å². The van der Waals surface area contributed by atoms with Crippen molar-refractivity contribution in [1.29, 1.82) is 0 Å². The summed E-state index contributed by atoms with van der Waals surface area (Å²) in [4.78, 5) is 0. The summed E-state index contributed by atoms with van der Waals surface area (Å²) in [6, 6.07) is 8.62. The molecule has 13 heavy (non-hydrogen) atoms. The topological polar surface area (TPSA) is 12.0 Å². The molecule has 0 aliphatic carbocycles. The molecule has 0 saturated heterocycles. The van der Waals surface area contributed by atoms with Gasteiger partial charge in [-0.05, 0) is 24.5 Å². The van der Waals surface area contributed by atoms with Crippen molar-refractivity contribution in [1.82, 2.24) is 0 Å². The van der Waals surface area contributed by atoms with E-state index in [1.165, 1.54) is 24.1 Å². The van der Waals surface area contributed by atoms with Gasteiger partial charge in [0.25, 0.3) is 0 Å². The summed E-state index contributed by atoms with van der Waals surface area (Å²) in [7, 11) is 0.